The van der Waals surface area contributed by atoms with Crippen molar-refractivity contribution in [2.24, 2.45) is 17.3 Å². The van der Waals surface area contributed by atoms with E-state index >= 15 is 0 Å². The molecule has 0 saturated heterocycles. The second-order valence-electron chi connectivity index (χ2n) is 5.46. The molecule has 1 aliphatic carbocycles. The number of carbonyl (C=O) groups excluding carboxylic acids is 1. The number of amides is 1. The summed E-state index contributed by atoms with van der Waals surface area (Å²) in [5.74, 6) is -2.23. The first kappa shape index (κ1) is 13.4. The highest BCUT2D eigenvalue weighted by molar-refractivity contribution is 5.91. The molecule has 3 N–H and O–H groups in total. The Morgan fingerprint density at radius 3 is 2.42 bits per heavy atom. The van der Waals surface area contributed by atoms with Crippen LogP contribution < -0.4 is 5.32 Å². The number of phenolic OH excluding ortho intramolecular Hbond substituents is 1. The quantitative estimate of drug-likeness (QED) is 0.765. The number of rotatable bonds is 4. The third-order valence-corrected chi connectivity index (χ3v) is 3.82. The van der Waals surface area contributed by atoms with Gasteiger partial charge < -0.3 is 15.5 Å². The van der Waals surface area contributed by atoms with Gasteiger partial charge in [0, 0.05) is 12.1 Å². The molecule has 1 aliphatic rings. The predicted molar refractivity (Wildman–Crippen MR) is 68.4 cm³/mol. The van der Waals surface area contributed by atoms with Gasteiger partial charge in [0.05, 0.1) is 11.8 Å². The van der Waals surface area contributed by atoms with Crippen molar-refractivity contribution in [1.29, 1.82) is 0 Å². The number of para-hydroxylation sites is 1. The lowest BCUT2D eigenvalue weighted by atomic mass is 10.1. The zero-order valence-electron chi connectivity index (χ0n) is 10.9. The van der Waals surface area contributed by atoms with Gasteiger partial charge in [-0.05, 0) is 11.5 Å². The molecule has 0 spiro atoms. The van der Waals surface area contributed by atoms with Crippen molar-refractivity contribution in [1.82, 2.24) is 5.32 Å². The molecule has 5 nitrogen and oxygen atoms in total. The summed E-state index contributed by atoms with van der Waals surface area (Å²) in [7, 11) is 0. The van der Waals surface area contributed by atoms with E-state index in [0.29, 0.717) is 5.56 Å². The highest BCUT2D eigenvalue weighted by Gasteiger charge is 2.65. The van der Waals surface area contributed by atoms with Gasteiger partial charge in [-0.3, -0.25) is 9.59 Å². The largest absolute Gasteiger partial charge is 0.508 e. The molecule has 1 aromatic rings. The van der Waals surface area contributed by atoms with Gasteiger partial charge in [-0.25, -0.2) is 0 Å². The Hall–Kier alpha value is -2.04. The number of carboxylic acid groups (broad SMARTS) is 1. The van der Waals surface area contributed by atoms with Crippen molar-refractivity contribution in [3.8, 4) is 5.75 Å². The summed E-state index contributed by atoms with van der Waals surface area (Å²) in [6, 6.07) is 6.72. The van der Waals surface area contributed by atoms with Crippen molar-refractivity contribution in [3.05, 3.63) is 29.8 Å². The molecular weight excluding hydrogens is 246 g/mol. The van der Waals surface area contributed by atoms with Crippen LogP contribution in [0.5, 0.6) is 5.75 Å². The third kappa shape index (κ3) is 2.41. The molecule has 5 heteroatoms. The first-order valence-electron chi connectivity index (χ1n) is 6.13. The molecular formula is C14H17NO4. The third-order valence-electron chi connectivity index (χ3n) is 3.82. The lowest BCUT2D eigenvalue weighted by molar-refractivity contribution is -0.140. The minimum Gasteiger partial charge on any atom is -0.508 e. The van der Waals surface area contributed by atoms with Gasteiger partial charge in [0.2, 0.25) is 5.91 Å². The maximum Gasteiger partial charge on any atom is 0.307 e. The summed E-state index contributed by atoms with van der Waals surface area (Å²) in [5.41, 5.74) is 0.107. The standard InChI is InChI=1S/C14H17NO4/c1-14(2)10(11(14)13(18)19)12(17)15-7-8-5-3-4-6-9(8)16/h3-6,10-11,16H,7H2,1-2H3,(H,15,17)(H,18,19). The van der Waals surface area contributed by atoms with Gasteiger partial charge in [-0.2, -0.15) is 0 Å². The van der Waals surface area contributed by atoms with Crippen LogP contribution in [0.2, 0.25) is 0 Å². The summed E-state index contributed by atoms with van der Waals surface area (Å²) in [4.78, 5) is 23.0. The normalized spacial score (nSPS) is 23.7. The average molecular weight is 263 g/mol. The fourth-order valence-corrected chi connectivity index (χ4v) is 2.54. The van der Waals surface area contributed by atoms with Crippen LogP contribution in [0.15, 0.2) is 24.3 Å². The van der Waals surface area contributed by atoms with Gasteiger partial charge in [-0.15, -0.1) is 0 Å². The predicted octanol–water partition coefficient (Wildman–Crippen LogP) is 1.37. The summed E-state index contributed by atoms with van der Waals surface area (Å²) >= 11 is 0. The lowest BCUT2D eigenvalue weighted by Crippen LogP contribution is -2.26. The topological polar surface area (TPSA) is 86.6 Å². The van der Waals surface area contributed by atoms with Crippen LogP contribution in [-0.2, 0) is 16.1 Å². The molecule has 1 fully saturated rings. The van der Waals surface area contributed by atoms with E-state index < -0.39 is 23.2 Å². The number of aliphatic carboxylic acids is 1. The Kier molecular flexibility index (Phi) is 3.22. The highest BCUT2D eigenvalue weighted by atomic mass is 16.4. The summed E-state index contributed by atoms with van der Waals surface area (Å²) in [5, 5.41) is 21.3. The van der Waals surface area contributed by atoms with Gasteiger partial charge in [0.25, 0.3) is 0 Å². The lowest BCUT2D eigenvalue weighted by Gasteiger charge is -2.07. The number of carboxylic acids is 1. The molecule has 0 heterocycles. The first-order valence-corrected chi connectivity index (χ1v) is 6.13. The van der Waals surface area contributed by atoms with Crippen LogP contribution in [0.1, 0.15) is 19.4 Å². The molecule has 1 amide bonds. The highest BCUT2D eigenvalue weighted by Crippen LogP contribution is 2.58. The van der Waals surface area contributed by atoms with Crippen LogP contribution >= 0.6 is 0 Å². The molecule has 102 valence electrons. The van der Waals surface area contributed by atoms with Crippen molar-refractivity contribution >= 4 is 11.9 Å². The van der Waals surface area contributed by atoms with Crippen LogP contribution in [-0.4, -0.2) is 22.1 Å². The molecule has 0 bridgehead atoms. The Morgan fingerprint density at radius 1 is 1.26 bits per heavy atom. The Balaban J connectivity index is 1.97. The second-order valence-corrected chi connectivity index (χ2v) is 5.46. The molecule has 2 unspecified atom stereocenters. The van der Waals surface area contributed by atoms with E-state index in [-0.39, 0.29) is 18.2 Å². The number of aromatic hydroxyl groups is 1. The fourth-order valence-electron chi connectivity index (χ4n) is 2.54. The molecule has 2 atom stereocenters. The molecule has 1 saturated carbocycles. The monoisotopic (exact) mass is 263 g/mol. The number of benzene rings is 1. The van der Waals surface area contributed by atoms with E-state index in [0.717, 1.165) is 0 Å². The van der Waals surface area contributed by atoms with Crippen LogP contribution in [0.3, 0.4) is 0 Å². The average Bonchev–Trinajstić information content (AvgIpc) is 2.91. The fraction of sp³-hybridized carbons (Fsp3) is 0.429. The van der Waals surface area contributed by atoms with E-state index in [1.54, 1.807) is 38.1 Å². The van der Waals surface area contributed by atoms with Gasteiger partial charge in [-0.1, -0.05) is 32.0 Å². The van der Waals surface area contributed by atoms with Crippen molar-refractivity contribution in [2.45, 2.75) is 20.4 Å². The number of carbonyl (C=O) groups is 2. The molecule has 2 rings (SSSR count). The molecule has 0 radical (unpaired) electrons. The Morgan fingerprint density at radius 2 is 1.89 bits per heavy atom. The maximum absolute atomic E-state index is 12.0. The zero-order chi connectivity index (χ0) is 14.2. The zero-order valence-corrected chi connectivity index (χ0v) is 10.9. The van der Waals surface area contributed by atoms with E-state index in [1.165, 1.54) is 0 Å². The summed E-state index contributed by atoms with van der Waals surface area (Å²) in [6.45, 7) is 3.75. The minimum atomic E-state index is -0.937. The van der Waals surface area contributed by atoms with E-state index in [4.69, 9.17) is 5.11 Å². The van der Waals surface area contributed by atoms with Crippen molar-refractivity contribution < 1.29 is 19.8 Å². The van der Waals surface area contributed by atoms with Gasteiger partial charge in [0.15, 0.2) is 0 Å². The van der Waals surface area contributed by atoms with Crippen molar-refractivity contribution in [3.63, 3.8) is 0 Å². The van der Waals surface area contributed by atoms with E-state index in [9.17, 15) is 14.7 Å². The smallest absolute Gasteiger partial charge is 0.307 e. The van der Waals surface area contributed by atoms with Crippen LogP contribution in [0.25, 0.3) is 0 Å². The van der Waals surface area contributed by atoms with Crippen LogP contribution in [0, 0.1) is 17.3 Å². The van der Waals surface area contributed by atoms with Crippen LogP contribution in [0.4, 0.5) is 0 Å². The SMILES string of the molecule is CC1(C)C(C(=O)O)C1C(=O)NCc1ccccc1O. The summed E-state index contributed by atoms with van der Waals surface area (Å²) in [6.07, 6.45) is 0. The van der Waals surface area contributed by atoms with Crippen molar-refractivity contribution in [2.75, 3.05) is 0 Å². The van der Waals surface area contributed by atoms with Gasteiger partial charge in [0.1, 0.15) is 5.75 Å². The number of hydrogen-bond donors (Lipinski definition) is 3. The number of phenols is 1. The number of hydrogen-bond acceptors (Lipinski definition) is 3. The first-order chi connectivity index (χ1) is 8.85. The Bertz CT molecular complexity index is 524. The maximum atomic E-state index is 12.0. The van der Waals surface area contributed by atoms with Gasteiger partial charge >= 0.3 is 5.97 Å². The van der Waals surface area contributed by atoms with E-state index in [2.05, 4.69) is 5.32 Å². The van der Waals surface area contributed by atoms with E-state index in [1.807, 2.05) is 0 Å². The number of nitrogens with one attached hydrogen (secondary N) is 1. The molecule has 0 aromatic heterocycles. The Labute approximate surface area is 111 Å². The summed E-state index contributed by atoms with van der Waals surface area (Å²) < 4.78 is 0. The molecule has 0 aliphatic heterocycles. The molecule has 1 aromatic carbocycles. The molecule has 19 heavy (non-hydrogen) atoms. The second kappa shape index (κ2) is 4.57. The minimum absolute atomic E-state index is 0.118.